The van der Waals surface area contributed by atoms with Gasteiger partial charge in [-0.25, -0.2) is 0 Å². The minimum absolute atomic E-state index is 0.176. The molecule has 2 amide bonds. The predicted octanol–water partition coefficient (Wildman–Crippen LogP) is -0.895. The fourth-order valence-corrected chi connectivity index (χ4v) is 4.00. The number of carbonyl (C=O) groups excluding carboxylic acids is 2. The average Bonchev–Trinajstić information content (AvgIpc) is 2.65. The minimum Gasteiger partial charge on any atom is -0.394 e. The third kappa shape index (κ3) is 5.39. The Labute approximate surface area is 154 Å². The maximum absolute atomic E-state index is 13.0. The van der Waals surface area contributed by atoms with Crippen molar-refractivity contribution in [3.05, 3.63) is 0 Å². The number of nitrogens with zero attached hydrogens (tertiary/aromatic N) is 1. The van der Waals surface area contributed by atoms with Gasteiger partial charge in [0.1, 0.15) is 18.2 Å². The number of nitrogens with two attached hydrogens (primary N) is 1. The van der Waals surface area contributed by atoms with Crippen LogP contribution in [0.3, 0.4) is 0 Å². The molecule has 1 aliphatic carbocycles. The second-order valence-corrected chi connectivity index (χ2v) is 7.56. The van der Waals surface area contributed by atoms with E-state index in [2.05, 4.69) is 5.32 Å². The van der Waals surface area contributed by atoms with Crippen LogP contribution in [0.1, 0.15) is 51.4 Å². The molecule has 2 fully saturated rings. The van der Waals surface area contributed by atoms with Gasteiger partial charge in [0.25, 0.3) is 0 Å². The first-order chi connectivity index (χ1) is 12.5. The number of carbonyl (C=O) groups is 2. The molecule has 1 aliphatic heterocycles. The first kappa shape index (κ1) is 21.1. The van der Waals surface area contributed by atoms with E-state index in [9.17, 15) is 19.8 Å². The van der Waals surface area contributed by atoms with Gasteiger partial charge in [0.2, 0.25) is 11.8 Å². The van der Waals surface area contributed by atoms with E-state index in [1.165, 1.54) is 11.3 Å². The fraction of sp³-hybridized carbons (Fsp3) is 0.889. The Morgan fingerprint density at radius 2 is 1.85 bits per heavy atom. The van der Waals surface area contributed by atoms with Crippen LogP contribution >= 0.6 is 0 Å². The van der Waals surface area contributed by atoms with Crippen molar-refractivity contribution in [1.82, 2.24) is 10.2 Å². The summed E-state index contributed by atoms with van der Waals surface area (Å²) in [6.07, 6.45) is 4.63. The van der Waals surface area contributed by atoms with Gasteiger partial charge in [-0.1, -0.05) is 32.1 Å². The number of hydrogen-bond acceptors (Lipinski definition) is 6. The Morgan fingerprint density at radius 1 is 1.15 bits per heavy atom. The zero-order chi connectivity index (χ0) is 19.1. The Kier molecular flexibility index (Phi) is 8.27. The zero-order valence-corrected chi connectivity index (χ0v) is 15.3. The molecular formula is C18H33N3O5. The van der Waals surface area contributed by atoms with Crippen LogP contribution in [0.25, 0.3) is 0 Å². The molecule has 150 valence electrons. The molecule has 0 aromatic heterocycles. The second kappa shape index (κ2) is 10.2. The van der Waals surface area contributed by atoms with Crippen molar-refractivity contribution in [1.29, 1.82) is 0 Å². The van der Waals surface area contributed by atoms with E-state index in [1.807, 2.05) is 0 Å². The Balaban J connectivity index is 2.09. The molecule has 0 bridgehead atoms. The van der Waals surface area contributed by atoms with Crippen LogP contribution in [0, 0.1) is 5.92 Å². The molecule has 8 nitrogen and oxygen atoms in total. The summed E-state index contributed by atoms with van der Waals surface area (Å²) in [5.74, 6) is -0.0284. The molecule has 0 spiro atoms. The van der Waals surface area contributed by atoms with E-state index in [0.29, 0.717) is 31.7 Å². The summed E-state index contributed by atoms with van der Waals surface area (Å²) in [5.41, 5.74) is 5.54. The molecule has 1 heterocycles. The number of rotatable bonds is 9. The number of nitrogens with one attached hydrogen (secondary N) is 1. The van der Waals surface area contributed by atoms with Gasteiger partial charge >= 0.3 is 0 Å². The van der Waals surface area contributed by atoms with Crippen molar-refractivity contribution in [3.63, 3.8) is 0 Å². The van der Waals surface area contributed by atoms with Gasteiger partial charge in [-0.15, -0.1) is 0 Å². The Bertz CT molecular complexity index is 470. The SMILES string of the molecule is NCCCC1C(=O)NC(CC2CCCCC2)C(=O)N1CC(O)C(O)CO. The summed E-state index contributed by atoms with van der Waals surface area (Å²) in [6.45, 7) is -0.377. The fourth-order valence-electron chi connectivity index (χ4n) is 4.00. The van der Waals surface area contributed by atoms with Gasteiger partial charge in [-0.05, 0) is 31.7 Å². The summed E-state index contributed by atoms with van der Waals surface area (Å²) < 4.78 is 0. The lowest BCUT2D eigenvalue weighted by atomic mass is 9.83. The van der Waals surface area contributed by atoms with Crippen LogP contribution in [0.2, 0.25) is 0 Å². The van der Waals surface area contributed by atoms with Crippen LogP contribution in [0.4, 0.5) is 0 Å². The Hall–Kier alpha value is -1.22. The topological polar surface area (TPSA) is 136 Å². The molecule has 0 radical (unpaired) electrons. The molecule has 4 unspecified atom stereocenters. The lowest BCUT2D eigenvalue weighted by molar-refractivity contribution is -0.153. The number of amides is 2. The van der Waals surface area contributed by atoms with E-state index < -0.39 is 30.9 Å². The maximum atomic E-state index is 13.0. The van der Waals surface area contributed by atoms with E-state index in [0.717, 1.165) is 25.7 Å². The summed E-state index contributed by atoms with van der Waals surface area (Å²) in [6, 6.07) is -1.28. The Morgan fingerprint density at radius 3 is 2.46 bits per heavy atom. The zero-order valence-electron chi connectivity index (χ0n) is 15.3. The van der Waals surface area contributed by atoms with Gasteiger partial charge in [0.15, 0.2) is 0 Å². The summed E-state index contributed by atoms with van der Waals surface area (Å²) >= 11 is 0. The molecule has 26 heavy (non-hydrogen) atoms. The van der Waals surface area contributed by atoms with Crippen LogP contribution in [0.15, 0.2) is 0 Å². The number of aliphatic hydroxyl groups is 3. The van der Waals surface area contributed by atoms with Crippen LogP contribution in [-0.2, 0) is 9.59 Å². The molecule has 0 aromatic rings. The molecule has 4 atom stereocenters. The highest BCUT2D eigenvalue weighted by molar-refractivity contribution is 5.97. The van der Waals surface area contributed by atoms with Gasteiger partial charge in [0.05, 0.1) is 19.3 Å². The molecule has 1 saturated carbocycles. The van der Waals surface area contributed by atoms with E-state index in [1.54, 1.807) is 0 Å². The quantitative estimate of drug-likeness (QED) is 0.356. The second-order valence-electron chi connectivity index (χ2n) is 7.56. The standard InChI is InChI=1S/C18H33N3O5/c19-8-4-7-14-17(25)20-13(9-12-5-2-1-3-6-12)18(26)21(14)10-15(23)16(24)11-22/h12-16,22-24H,1-11,19H2,(H,20,25). The lowest BCUT2D eigenvalue weighted by Gasteiger charge is -2.41. The first-order valence-electron chi connectivity index (χ1n) is 9.75. The highest BCUT2D eigenvalue weighted by atomic mass is 16.4. The van der Waals surface area contributed by atoms with E-state index in [4.69, 9.17) is 10.8 Å². The third-order valence-corrected chi connectivity index (χ3v) is 5.57. The summed E-state index contributed by atoms with van der Waals surface area (Å²) in [4.78, 5) is 26.9. The monoisotopic (exact) mass is 371 g/mol. The third-order valence-electron chi connectivity index (χ3n) is 5.57. The molecular weight excluding hydrogens is 338 g/mol. The van der Waals surface area contributed by atoms with E-state index in [-0.39, 0.29) is 18.4 Å². The first-order valence-corrected chi connectivity index (χ1v) is 9.75. The van der Waals surface area contributed by atoms with Crippen LogP contribution in [0.5, 0.6) is 0 Å². The predicted molar refractivity (Wildman–Crippen MR) is 96.0 cm³/mol. The van der Waals surface area contributed by atoms with Crippen LogP contribution < -0.4 is 11.1 Å². The van der Waals surface area contributed by atoms with Crippen molar-refractivity contribution in [2.24, 2.45) is 11.7 Å². The maximum Gasteiger partial charge on any atom is 0.245 e. The van der Waals surface area contributed by atoms with Crippen molar-refractivity contribution < 1.29 is 24.9 Å². The molecule has 1 saturated heterocycles. The van der Waals surface area contributed by atoms with Crippen molar-refractivity contribution in [2.75, 3.05) is 19.7 Å². The smallest absolute Gasteiger partial charge is 0.245 e. The highest BCUT2D eigenvalue weighted by Gasteiger charge is 2.42. The lowest BCUT2D eigenvalue weighted by Crippen LogP contribution is -2.65. The minimum atomic E-state index is -1.35. The van der Waals surface area contributed by atoms with Gasteiger partial charge in [-0.2, -0.15) is 0 Å². The van der Waals surface area contributed by atoms with Crippen LogP contribution in [-0.4, -0.2) is 76.0 Å². The molecule has 2 aliphatic rings. The highest BCUT2D eigenvalue weighted by Crippen LogP contribution is 2.29. The molecule has 2 rings (SSSR count). The molecule has 6 N–H and O–H groups in total. The number of β-amino-alcohol motifs (C(OH)–C–C–N with tert-alkyl or cyclic N) is 1. The largest absolute Gasteiger partial charge is 0.394 e. The molecule has 8 heteroatoms. The van der Waals surface area contributed by atoms with Crippen molar-refractivity contribution >= 4 is 11.8 Å². The van der Waals surface area contributed by atoms with Crippen molar-refractivity contribution in [3.8, 4) is 0 Å². The number of hydrogen-bond donors (Lipinski definition) is 5. The molecule has 0 aromatic carbocycles. The van der Waals surface area contributed by atoms with Gasteiger partial charge in [0, 0.05) is 0 Å². The van der Waals surface area contributed by atoms with Gasteiger partial charge in [-0.3, -0.25) is 9.59 Å². The van der Waals surface area contributed by atoms with Gasteiger partial charge < -0.3 is 31.3 Å². The summed E-state index contributed by atoms with van der Waals surface area (Å²) in [7, 11) is 0. The number of piperazine rings is 1. The normalized spacial score (nSPS) is 27.3. The summed E-state index contributed by atoms with van der Waals surface area (Å²) in [5, 5.41) is 31.6. The average molecular weight is 371 g/mol. The van der Waals surface area contributed by atoms with E-state index >= 15 is 0 Å². The van der Waals surface area contributed by atoms with Crippen molar-refractivity contribution in [2.45, 2.75) is 75.7 Å². The number of aliphatic hydroxyl groups excluding tert-OH is 3.